The second-order valence-electron chi connectivity index (χ2n) is 4.75. The Bertz CT molecular complexity index is 379. The Labute approximate surface area is 112 Å². The predicted octanol–water partition coefficient (Wildman–Crippen LogP) is 2.80. The van der Waals surface area contributed by atoms with Crippen LogP contribution in [-0.4, -0.2) is 16.5 Å². The van der Waals surface area contributed by atoms with E-state index in [1.54, 1.807) is 6.20 Å². The maximum atomic E-state index is 6.00. The first-order chi connectivity index (χ1) is 8.79. The van der Waals surface area contributed by atoms with Gasteiger partial charge in [0.25, 0.3) is 0 Å². The Balaban J connectivity index is 1.75. The first-order valence-corrected chi connectivity index (χ1v) is 6.90. The Hall–Kier alpha value is -1.07. The van der Waals surface area contributed by atoms with Crippen molar-refractivity contribution in [1.82, 2.24) is 9.97 Å². The molecule has 6 heteroatoms. The maximum Gasteiger partial charge on any atom is 0.239 e. The van der Waals surface area contributed by atoms with Gasteiger partial charge in [0.2, 0.25) is 5.95 Å². The van der Waals surface area contributed by atoms with Crippen LogP contribution in [0, 0.1) is 5.92 Å². The lowest BCUT2D eigenvalue weighted by atomic mass is 10.0. The molecule has 18 heavy (non-hydrogen) atoms. The van der Waals surface area contributed by atoms with E-state index in [9.17, 15) is 0 Å². The molecule has 1 saturated carbocycles. The Morgan fingerprint density at radius 2 is 2.17 bits per heavy atom. The average Bonchev–Trinajstić information content (AvgIpc) is 2.89. The number of anilines is 2. The van der Waals surface area contributed by atoms with Gasteiger partial charge in [0.1, 0.15) is 5.02 Å². The van der Waals surface area contributed by atoms with Gasteiger partial charge >= 0.3 is 0 Å². The Kier molecular flexibility index (Phi) is 5.01. The molecular formula is C12H20ClN5. The number of nitrogens with zero attached hydrogens (tertiary/aromatic N) is 2. The van der Waals surface area contributed by atoms with Crippen molar-refractivity contribution in [2.45, 2.75) is 38.5 Å². The lowest BCUT2D eigenvalue weighted by Gasteiger charge is -2.11. The summed E-state index contributed by atoms with van der Waals surface area (Å²) < 4.78 is 0. The second-order valence-corrected chi connectivity index (χ2v) is 5.16. The summed E-state index contributed by atoms with van der Waals surface area (Å²) in [5, 5.41) is 3.76. The van der Waals surface area contributed by atoms with Crippen LogP contribution in [0.5, 0.6) is 0 Å². The molecule has 0 radical (unpaired) electrons. The zero-order valence-electron chi connectivity index (χ0n) is 10.5. The molecule has 1 aromatic heterocycles. The minimum atomic E-state index is 0.373. The lowest BCUT2D eigenvalue weighted by molar-refractivity contribution is 0.491. The fourth-order valence-corrected chi connectivity index (χ4v) is 2.62. The summed E-state index contributed by atoms with van der Waals surface area (Å²) in [4.78, 5) is 8.10. The topological polar surface area (TPSA) is 75.9 Å². The van der Waals surface area contributed by atoms with Gasteiger partial charge in [0, 0.05) is 6.54 Å². The molecule has 0 aromatic carbocycles. The van der Waals surface area contributed by atoms with Crippen LogP contribution in [0.1, 0.15) is 38.5 Å². The first kappa shape index (κ1) is 13.4. The third-order valence-corrected chi connectivity index (χ3v) is 3.71. The molecule has 5 nitrogen and oxygen atoms in total. The van der Waals surface area contributed by atoms with Crippen molar-refractivity contribution in [2.24, 2.45) is 11.8 Å². The highest BCUT2D eigenvalue weighted by atomic mass is 35.5. The van der Waals surface area contributed by atoms with Crippen LogP contribution in [0.2, 0.25) is 5.02 Å². The van der Waals surface area contributed by atoms with Crippen molar-refractivity contribution in [3.8, 4) is 0 Å². The molecule has 0 bridgehead atoms. The highest BCUT2D eigenvalue weighted by molar-refractivity contribution is 6.32. The number of rotatable bonds is 6. The van der Waals surface area contributed by atoms with Crippen LogP contribution >= 0.6 is 11.6 Å². The van der Waals surface area contributed by atoms with E-state index in [2.05, 4.69) is 20.7 Å². The molecule has 1 heterocycles. The second kappa shape index (κ2) is 6.75. The van der Waals surface area contributed by atoms with E-state index in [0.29, 0.717) is 16.8 Å². The van der Waals surface area contributed by atoms with Gasteiger partial charge in [-0.1, -0.05) is 37.3 Å². The molecule has 1 aliphatic carbocycles. The Morgan fingerprint density at radius 1 is 1.39 bits per heavy atom. The van der Waals surface area contributed by atoms with Gasteiger partial charge in [-0.15, -0.1) is 0 Å². The zero-order valence-corrected chi connectivity index (χ0v) is 11.2. The van der Waals surface area contributed by atoms with Gasteiger partial charge in [0.05, 0.1) is 6.20 Å². The van der Waals surface area contributed by atoms with Gasteiger partial charge < -0.3 is 5.32 Å². The number of halogens is 1. The monoisotopic (exact) mass is 269 g/mol. The minimum Gasteiger partial charge on any atom is -0.369 e. The smallest absolute Gasteiger partial charge is 0.239 e. The molecule has 0 unspecified atom stereocenters. The molecule has 0 spiro atoms. The number of hydrogen-bond donors (Lipinski definition) is 3. The predicted molar refractivity (Wildman–Crippen MR) is 74.5 cm³/mol. The molecule has 100 valence electrons. The summed E-state index contributed by atoms with van der Waals surface area (Å²) in [6, 6.07) is 0. The van der Waals surface area contributed by atoms with E-state index in [0.717, 1.165) is 18.9 Å². The van der Waals surface area contributed by atoms with Crippen molar-refractivity contribution < 1.29 is 0 Å². The van der Waals surface area contributed by atoms with E-state index < -0.39 is 0 Å². The van der Waals surface area contributed by atoms with E-state index in [1.165, 1.54) is 32.1 Å². The summed E-state index contributed by atoms with van der Waals surface area (Å²) in [7, 11) is 0. The highest BCUT2D eigenvalue weighted by Crippen LogP contribution is 2.28. The van der Waals surface area contributed by atoms with Crippen LogP contribution < -0.4 is 16.6 Å². The molecule has 2 rings (SSSR count). The Morgan fingerprint density at radius 3 is 2.89 bits per heavy atom. The molecule has 1 aliphatic rings. The molecular weight excluding hydrogens is 250 g/mol. The molecule has 0 amide bonds. The van der Waals surface area contributed by atoms with Crippen molar-refractivity contribution >= 4 is 23.4 Å². The fraction of sp³-hybridized carbons (Fsp3) is 0.667. The SMILES string of the molecule is NNc1ncc(Cl)c(NCCCC2CCCC2)n1. The van der Waals surface area contributed by atoms with Gasteiger partial charge in [0.15, 0.2) is 5.82 Å². The molecule has 0 saturated heterocycles. The van der Waals surface area contributed by atoms with E-state index in [-0.39, 0.29) is 0 Å². The molecule has 0 aliphatic heterocycles. The van der Waals surface area contributed by atoms with E-state index >= 15 is 0 Å². The third-order valence-electron chi connectivity index (χ3n) is 3.43. The number of hydrogen-bond acceptors (Lipinski definition) is 5. The van der Waals surface area contributed by atoms with Crippen LogP contribution in [0.25, 0.3) is 0 Å². The van der Waals surface area contributed by atoms with Gasteiger partial charge in [-0.3, -0.25) is 5.43 Å². The normalized spacial score (nSPS) is 15.9. The van der Waals surface area contributed by atoms with Crippen molar-refractivity contribution in [3.05, 3.63) is 11.2 Å². The van der Waals surface area contributed by atoms with Crippen LogP contribution in [0.3, 0.4) is 0 Å². The summed E-state index contributed by atoms with van der Waals surface area (Å²) in [6.45, 7) is 0.886. The number of hydrazine groups is 1. The van der Waals surface area contributed by atoms with Gasteiger partial charge in [-0.2, -0.15) is 4.98 Å². The quantitative estimate of drug-likeness (QED) is 0.421. The van der Waals surface area contributed by atoms with Crippen LogP contribution in [-0.2, 0) is 0 Å². The largest absolute Gasteiger partial charge is 0.369 e. The van der Waals surface area contributed by atoms with Gasteiger partial charge in [-0.25, -0.2) is 10.8 Å². The van der Waals surface area contributed by atoms with Crippen LogP contribution in [0.4, 0.5) is 11.8 Å². The number of aromatic nitrogens is 2. The zero-order chi connectivity index (χ0) is 12.8. The van der Waals surface area contributed by atoms with Crippen molar-refractivity contribution in [3.63, 3.8) is 0 Å². The minimum absolute atomic E-state index is 0.373. The number of nitrogen functional groups attached to an aromatic ring is 1. The van der Waals surface area contributed by atoms with E-state index in [1.807, 2.05) is 0 Å². The molecule has 4 N–H and O–H groups in total. The fourth-order valence-electron chi connectivity index (χ4n) is 2.46. The molecule has 1 aromatic rings. The summed E-state index contributed by atoms with van der Waals surface area (Å²) in [6.07, 6.45) is 9.59. The summed E-state index contributed by atoms with van der Waals surface area (Å²) >= 11 is 6.00. The van der Waals surface area contributed by atoms with E-state index in [4.69, 9.17) is 17.4 Å². The number of nitrogens with one attached hydrogen (secondary N) is 2. The average molecular weight is 270 g/mol. The summed E-state index contributed by atoms with van der Waals surface area (Å²) in [5.74, 6) is 7.20. The first-order valence-electron chi connectivity index (χ1n) is 6.52. The van der Waals surface area contributed by atoms with Gasteiger partial charge in [-0.05, 0) is 18.8 Å². The standard InChI is InChI=1S/C12H20ClN5/c13-10-8-16-12(18-14)17-11(10)15-7-3-6-9-4-1-2-5-9/h8-9H,1-7,14H2,(H2,15,16,17,18). The van der Waals surface area contributed by atoms with Crippen LogP contribution in [0.15, 0.2) is 6.20 Å². The lowest BCUT2D eigenvalue weighted by Crippen LogP contribution is -2.12. The summed E-state index contributed by atoms with van der Waals surface area (Å²) in [5.41, 5.74) is 2.41. The highest BCUT2D eigenvalue weighted by Gasteiger charge is 2.14. The maximum absolute atomic E-state index is 6.00. The van der Waals surface area contributed by atoms with Crippen molar-refractivity contribution in [1.29, 1.82) is 0 Å². The molecule has 1 fully saturated rings. The number of nitrogens with two attached hydrogens (primary N) is 1. The third kappa shape index (κ3) is 3.71. The molecule has 0 atom stereocenters. The van der Waals surface area contributed by atoms with Crippen molar-refractivity contribution in [2.75, 3.05) is 17.3 Å².